The van der Waals surface area contributed by atoms with Crippen LogP contribution in [0, 0.1) is 0 Å². The summed E-state index contributed by atoms with van der Waals surface area (Å²) >= 11 is 0. The van der Waals surface area contributed by atoms with Gasteiger partial charge in [0.1, 0.15) is 0 Å². The van der Waals surface area contributed by atoms with Gasteiger partial charge in [-0.2, -0.15) is 0 Å². The minimum absolute atomic E-state index is 0.178. The summed E-state index contributed by atoms with van der Waals surface area (Å²) in [6.07, 6.45) is -0.287. The molecular formula is C7H18N2O. The molecule has 3 nitrogen and oxygen atoms in total. The minimum atomic E-state index is -0.287. The van der Waals surface area contributed by atoms with Crippen LogP contribution in [0.2, 0.25) is 0 Å². The third-order valence-electron chi connectivity index (χ3n) is 1.52. The highest BCUT2D eigenvalue weighted by molar-refractivity contribution is 4.71. The zero-order chi connectivity index (χ0) is 7.98. The first-order valence-corrected chi connectivity index (χ1v) is 3.78. The number of aliphatic hydroxyl groups excluding tert-OH is 1. The molecule has 0 amide bonds. The topological polar surface area (TPSA) is 44.3 Å². The zero-order valence-electron chi connectivity index (χ0n) is 7.02. The van der Waals surface area contributed by atoms with E-state index in [0.717, 1.165) is 6.54 Å². The molecule has 3 N–H and O–H groups in total. The number of aliphatic hydroxyl groups is 1. The van der Waals surface area contributed by atoms with E-state index in [2.05, 4.69) is 10.6 Å². The van der Waals surface area contributed by atoms with Gasteiger partial charge in [-0.15, -0.1) is 0 Å². The standard InChI is InChI=1S/C7H18N2O/c1-4-9-6(2)7(10)5-8-3/h6-10H,4-5H2,1-3H3. The molecule has 0 spiro atoms. The monoisotopic (exact) mass is 146 g/mol. The van der Waals surface area contributed by atoms with E-state index < -0.39 is 0 Å². The van der Waals surface area contributed by atoms with E-state index in [-0.39, 0.29) is 12.1 Å². The molecule has 0 bridgehead atoms. The predicted molar refractivity (Wildman–Crippen MR) is 43.1 cm³/mol. The van der Waals surface area contributed by atoms with E-state index in [0.29, 0.717) is 6.54 Å². The summed E-state index contributed by atoms with van der Waals surface area (Å²) in [6, 6.07) is 0.178. The van der Waals surface area contributed by atoms with Crippen molar-refractivity contribution in [2.75, 3.05) is 20.1 Å². The lowest BCUT2D eigenvalue weighted by molar-refractivity contribution is 0.136. The van der Waals surface area contributed by atoms with Gasteiger partial charge < -0.3 is 15.7 Å². The van der Waals surface area contributed by atoms with Crippen LogP contribution < -0.4 is 10.6 Å². The molecule has 0 saturated heterocycles. The number of hydrogen-bond acceptors (Lipinski definition) is 3. The van der Waals surface area contributed by atoms with Gasteiger partial charge in [-0.05, 0) is 20.5 Å². The van der Waals surface area contributed by atoms with Gasteiger partial charge in [-0.1, -0.05) is 6.92 Å². The van der Waals surface area contributed by atoms with E-state index in [4.69, 9.17) is 0 Å². The highest BCUT2D eigenvalue weighted by Crippen LogP contribution is 1.89. The Morgan fingerprint density at radius 1 is 1.50 bits per heavy atom. The normalized spacial score (nSPS) is 16.8. The van der Waals surface area contributed by atoms with Crippen LogP contribution >= 0.6 is 0 Å². The summed E-state index contributed by atoms with van der Waals surface area (Å²) in [5.41, 5.74) is 0. The average Bonchev–Trinajstić information content (AvgIpc) is 1.89. The van der Waals surface area contributed by atoms with Gasteiger partial charge >= 0.3 is 0 Å². The fourth-order valence-corrected chi connectivity index (χ4v) is 0.844. The van der Waals surface area contributed by atoms with Crippen molar-refractivity contribution in [3.63, 3.8) is 0 Å². The molecule has 62 valence electrons. The Morgan fingerprint density at radius 2 is 2.10 bits per heavy atom. The van der Waals surface area contributed by atoms with Crippen LogP contribution in [0.3, 0.4) is 0 Å². The number of nitrogens with one attached hydrogen (secondary N) is 2. The van der Waals surface area contributed by atoms with Gasteiger partial charge in [0.05, 0.1) is 6.10 Å². The van der Waals surface area contributed by atoms with Gasteiger partial charge in [-0.25, -0.2) is 0 Å². The van der Waals surface area contributed by atoms with E-state index in [9.17, 15) is 5.11 Å². The third-order valence-corrected chi connectivity index (χ3v) is 1.52. The first-order valence-electron chi connectivity index (χ1n) is 3.78. The maximum absolute atomic E-state index is 9.32. The molecule has 0 fully saturated rings. The summed E-state index contributed by atoms with van der Waals surface area (Å²) in [5, 5.41) is 15.4. The molecule has 0 heterocycles. The Morgan fingerprint density at radius 3 is 2.50 bits per heavy atom. The van der Waals surface area contributed by atoms with Crippen LogP contribution in [-0.2, 0) is 0 Å². The third kappa shape index (κ3) is 3.82. The van der Waals surface area contributed by atoms with Crippen molar-refractivity contribution in [1.82, 2.24) is 10.6 Å². The van der Waals surface area contributed by atoms with Crippen molar-refractivity contribution in [3.8, 4) is 0 Å². The smallest absolute Gasteiger partial charge is 0.0814 e. The van der Waals surface area contributed by atoms with Gasteiger partial charge in [0.15, 0.2) is 0 Å². The summed E-state index contributed by atoms with van der Waals surface area (Å²) in [7, 11) is 1.84. The fourth-order valence-electron chi connectivity index (χ4n) is 0.844. The van der Waals surface area contributed by atoms with Crippen LogP contribution in [0.15, 0.2) is 0 Å². The van der Waals surface area contributed by atoms with Crippen LogP contribution in [0.4, 0.5) is 0 Å². The second kappa shape index (κ2) is 5.65. The van der Waals surface area contributed by atoms with Crippen LogP contribution in [-0.4, -0.2) is 37.4 Å². The molecule has 10 heavy (non-hydrogen) atoms. The van der Waals surface area contributed by atoms with E-state index in [1.165, 1.54) is 0 Å². The quantitative estimate of drug-likeness (QED) is 0.493. The molecular weight excluding hydrogens is 128 g/mol. The van der Waals surface area contributed by atoms with Crippen LogP contribution in [0.5, 0.6) is 0 Å². The number of rotatable bonds is 5. The first-order chi connectivity index (χ1) is 4.72. The summed E-state index contributed by atoms with van der Waals surface area (Å²) in [4.78, 5) is 0. The maximum Gasteiger partial charge on any atom is 0.0814 e. The zero-order valence-corrected chi connectivity index (χ0v) is 7.02. The first kappa shape index (κ1) is 9.88. The highest BCUT2D eigenvalue weighted by Gasteiger charge is 2.10. The Bertz CT molecular complexity index is 68.0. The van der Waals surface area contributed by atoms with Crippen molar-refractivity contribution in [1.29, 1.82) is 0 Å². The van der Waals surface area contributed by atoms with Crippen molar-refractivity contribution < 1.29 is 5.11 Å². The Labute approximate surface area is 62.8 Å². The molecule has 0 aromatic carbocycles. The van der Waals surface area contributed by atoms with E-state index in [1.807, 2.05) is 20.9 Å². The Balaban J connectivity index is 3.38. The minimum Gasteiger partial charge on any atom is -0.390 e. The van der Waals surface area contributed by atoms with Crippen LogP contribution in [0.25, 0.3) is 0 Å². The Hall–Kier alpha value is -0.120. The molecule has 0 aliphatic rings. The molecule has 3 heteroatoms. The largest absolute Gasteiger partial charge is 0.390 e. The molecule has 2 unspecified atom stereocenters. The number of likely N-dealkylation sites (N-methyl/N-ethyl adjacent to an activating group) is 2. The van der Waals surface area contributed by atoms with E-state index >= 15 is 0 Å². The second-order valence-corrected chi connectivity index (χ2v) is 2.47. The molecule has 0 rings (SSSR count). The summed E-state index contributed by atoms with van der Waals surface area (Å²) in [6.45, 7) is 5.56. The molecule has 0 radical (unpaired) electrons. The Kier molecular flexibility index (Phi) is 5.58. The second-order valence-electron chi connectivity index (χ2n) is 2.47. The molecule has 0 aromatic rings. The summed E-state index contributed by atoms with van der Waals surface area (Å²) < 4.78 is 0. The lowest BCUT2D eigenvalue weighted by Gasteiger charge is -2.18. The van der Waals surface area contributed by atoms with Gasteiger partial charge in [0.2, 0.25) is 0 Å². The van der Waals surface area contributed by atoms with Gasteiger partial charge in [-0.3, -0.25) is 0 Å². The number of hydrogen-bond donors (Lipinski definition) is 3. The fraction of sp³-hybridized carbons (Fsp3) is 1.00. The average molecular weight is 146 g/mol. The molecule has 0 saturated carbocycles. The summed E-state index contributed by atoms with van der Waals surface area (Å²) in [5.74, 6) is 0. The van der Waals surface area contributed by atoms with Crippen molar-refractivity contribution >= 4 is 0 Å². The molecule has 0 aliphatic heterocycles. The van der Waals surface area contributed by atoms with E-state index in [1.54, 1.807) is 0 Å². The molecule has 0 aromatic heterocycles. The van der Waals surface area contributed by atoms with Crippen molar-refractivity contribution in [2.45, 2.75) is 26.0 Å². The molecule has 0 aliphatic carbocycles. The lowest BCUT2D eigenvalue weighted by atomic mass is 10.2. The van der Waals surface area contributed by atoms with Crippen LogP contribution in [0.1, 0.15) is 13.8 Å². The van der Waals surface area contributed by atoms with Crippen molar-refractivity contribution in [2.24, 2.45) is 0 Å². The highest BCUT2D eigenvalue weighted by atomic mass is 16.3. The maximum atomic E-state index is 9.32. The lowest BCUT2D eigenvalue weighted by Crippen LogP contribution is -2.42. The van der Waals surface area contributed by atoms with Crippen molar-refractivity contribution in [3.05, 3.63) is 0 Å². The van der Waals surface area contributed by atoms with Gasteiger partial charge in [0, 0.05) is 12.6 Å². The predicted octanol–water partition coefficient (Wildman–Crippen LogP) is -0.435. The SMILES string of the molecule is CCNC(C)C(O)CNC. The van der Waals surface area contributed by atoms with Gasteiger partial charge in [0.25, 0.3) is 0 Å². The molecule has 2 atom stereocenters.